The Morgan fingerprint density at radius 2 is 1.96 bits per heavy atom. The summed E-state index contributed by atoms with van der Waals surface area (Å²) in [5, 5.41) is 0.764. The maximum Gasteiger partial charge on any atom is 0.415 e. The first-order valence-electron chi connectivity index (χ1n) is 8.43. The molecule has 2 fully saturated rings. The number of likely N-dealkylation sites (N-methyl/N-ethyl adjacent to an activating group) is 1. The van der Waals surface area contributed by atoms with Gasteiger partial charge in [-0.15, -0.1) is 0 Å². The third kappa shape index (κ3) is 3.18. The molecule has 2 unspecified atom stereocenters. The number of halogens is 1. The number of rotatable bonds is 1. The van der Waals surface area contributed by atoms with E-state index in [2.05, 4.69) is 27.9 Å². The molecular formula is C18H19BrN2O4. The summed E-state index contributed by atoms with van der Waals surface area (Å²) in [6, 6.07) is 7.57. The largest absolute Gasteiger partial charge is 0.422 e. The van der Waals surface area contributed by atoms with Crippen LogP contribution in [0.2, 0.25) is 0 Å². The average Bonchev–Trinajstić information content (AvgIpc) is 2.56. The van der Waals surface area contributed by atoms with Gasteiger partial charge in [-0.3, -0.25) is 4.90 Å². The van der Waals surface area contributed by atoms with Gasteiger partial charge in [-0.1, -0.05) is 6.42 Å². The Kier molecular flexibility index (Phi) is 4.29. The second-order valence-electron chi connectivity index (χ2n) is 6.76. The fraction of sp³-hybridized carbons (Fsp3) is 0.444. The molecular weight excluding hydrogens is 388 g/mol. The molecule has 1 aromatic heterocycles. The fourth-order valence-electron chi connectivity index (χ4n) is 3.76. The number of piperidine rings is 1. The zero-order valence-corrected chi connectivity index (χ0v) is 15.5. The van der Waals surface area contributed by atoms with Gasteiger partial charge in [0, 0.05) is 36.6 Å². The summed E-state index contributed by atoms with van der Waals surface area (Å²) in [6.45, 7) is 1.39. The van der Waals surface area contributed by atoms with Crippen LogP contribution in [-0.4, -0.2) is 48.1 Å². The third-order valence-corrected chi connectivity index (χ3v) is 5.77. The molecule has 25 heavy (non-hydrogen) atoms. The van der Waals surface area contributed by atoms with Crippen molar-refractivity contribution in [3.05, 3.63) is 39.2 Å². The van der Waals surface area contributed by atoms with Crippen LogP contribution in [0.25, 0.3) is 11.0 Å². The number of hydrogen-bond donors (Lipinski definition) is 0. The average molecular weight is 407 g/mol. The van der Waals surface area contributed by atoms with E-state index in [-0.39, 0.29) is 6.09 Å². The number of piperazine rings is 1. The van der Waals surface area contributed by atoms with Crippen LogP contribution in [0.5, 0.6) is 5.75 Å². The molecule has 7 heteroatoms. The molecule has 4 rings (SSSR count). The smallest absolute Gasteiger partial charge is 0.415 e. The van der Waals surface area contributed by atoms with E-state index < -0.39 is 5.63 Å². The van der Waals surface area contributed by atoms with Crippen LogP contribution in [0.4, 0.5) is 4.79 Å². The zero-order chi connectivity index (χ0) is 17.6. The van der Waals surface area contributed by atoms with Crippen molar-refractivity contribution in [1.29, 1.82) is 0 Å². The Balaban J connectivity index is 1.52. The van der Waals surface area contributed by atoms with Gasteiger partial charge in [0.1, 0.15) is 15.8 Å². The molecule has 2 bridgehead atoms. The molecule has 0 radical (unpaired) electrons. The zero-order valence-electron chi connectivity index (χ0n) is 13.9. The number of nitrogens with zero attached hydrogens (tertiary/aromatic N) is 2. The molecule has 2 saturated heterocycles. The van der Waals surface area contributed by atoms with E-state index in [4.69, 9.17) is 9.15 Å². The van der Waals surface area contributed by atoms with E-state index in [9.17, 15) is 9.59 Å². The Morgan fingerprint density at radius 3 is 2.68 bits per heavy atom. The van der Waals surface area contributed by atoms with E-state index in [1.165, 1.54) is 6.42 Å². The third-order valence-electron chi connectivity index (χ3n) is 5.22. The molecule has 2 aliphatic rings. The fourth-order valence-corrected chi connectivity index (χ4v) is 4.09. The quantitative estimate of drug-likeness (QED) is 0.680. The number of carbonyl (C=O) groups excluding carboxylic acids is 1. The van der Waals surface area contributed by atoms with Crippen LogP contribution in [0, 0.1) is 0 Å². The van der Waals surface area contributed by atoms with Crippen molar-refractivity contribution >= 4 is 33.0 Å². The van der Waals surface area contributed by atoms with E-state index in [0.29, 0.717) is 41.0 Å². The van der Waals surface area contributed by atoms with Crippen LogP contribution in [0.3, 0.4) is 0 Å². The summed E-state index contributed by atoms with van der Waals surface area (Å²) in [6.07, 6.45) is 3.12. The molecule has 0 N–H and O–H groups in total. The van der Waals surface area contributed by atoms with E-state index in [0.717, 1.165) is 18.2 Å². The summed E-state index contributed by atoms with van der Waals surface area (Å²) < 4.78 is 11.1. The van der Waals surface area contributed by atoms with Gasteiger partial charge in [0.05, 0.1) is 0 Å². The summed E-state index contributed by atoms with van der Waals surface area (Å²) in [5.41, 5.74) is -0.0587. The number of amides is 1. The molecule has 2 atom stereocenters. The predicted molar refractivity (Wildman–Crippen MR) is 97.0 cm³/mol. The molecule has 2 aliphatic heterocycles. The SMILES string of the molecule is CN1C2CCCC1CN(C(=O)Oc1ccc3cc(Br)c(=O)oc3c1)C2. The Hall–Kier alpha value is -1.86. The highest BCUT2D eigenvalue weighted by molar-refractivity contribution is 9.10. The number of carbonyl (C=O) groups is 1. The second kappa shape index (κ2) is 6.46. The molecule has 2 aromatic rings. The minimum Gasteiger partial charge on any atom is -0.422 e. The predicted octanol–water partition coefficient (Wildman–Crippen LogP) is 3.22. The molecule has 0 spiro atoms. The van der Waals surface area contributed by atoms with Crippen LogP contribution in [0.1, 0.15) is 19.3 Å². The Bertz CT molecular complexity index is 867. The van der Waals surface area contributed by atoms with Crippen LogP contribution in [-0.2, 0) is 0 Å². The first-order valence-corrected chi connectivity index (χ1v) is 9.22. The highest BCUT2D eigenvalue weighted by Crippen LogP contribution is 2.28. The van der Waals surface area contributed by atoms with Crippen molar-refractivity contribution in [1.82, 2.24) is 9.80 Å². The first-order chi connectivity index (χ1) is 12.0. The van der Waals surface area contributed by atoms with Gasteiger partial charge in [0.15, 0.2) is 0 Å². The summed E-state index contributed by atoms with van der Waals surface area (Å²) in [4.78, 5) is 28.3. The summed E-state index contributed by atoms with van der Waals surface area (Å²) >= 11 is 3.15. The number of likely N-dealkylation sites (tertiary alicyclic amines) is 1. The number of hydrogen-bond acceptors (Lipinski definition) is 5. The van der Waals surface area contributed by atoms with Gasteiger partial charge in [-0.25, -0.2) is 9.59 Å². The number of benzene rings is 1. The molecule has 132 valence electrons. The summed E-state index contributed by atoms with van der Waals surface area (Å²) in [7, 11) is 2.14. The Labute approximate surface area is 153 Å². The van der Waals surface area contributed by atoms with E-state index in [1.54, 1.807) is 29.2 Å². The lowest BCUT2D eigenvalue weighted by molar-refractivity contribution is 0.0168. The van der Waals surface area contributed by atoms with Crippen molar-refractivity contribution in [2.45, 2.75) is 31.3 Å². The van der Waals surface area contributed by atoms with Crippen LogP contribution in [0.15, 0.2) is 37.9 Å². The number of fused-ring (bicyclic) bond motifs is 3. The van der Waals surface area contributed by atoms with Crippen molar-refractivity contribution < 1.29 is 13.9 Å². The highest BCUT2D eigenvalue weighted by atomic mass is 79.9. The molecule has 6 nitrogen and oxygen atoms in total. The lowest BCUT2D eigenvalue weighted by atomic mass is 9.92. The molecule has 3 heterocycles. The van der Waals surface area contributed by atoms with Gasteiger partial charge >= 0.3 is 11.7 Å². The molecule has 1 amide bonds. The minimum absolute atomic E-state index is 0.344. The van der Waals surface area contributed by atoms with E-state index >= 15 is 0 Å². The second-order valence-corrected chi connectivity index (χ2v) is 7.61. The normalized spacial score (nSPS) is 23.7. The van der Waals surface area contributed by atoms with Gasteiger partial charge in [-0.05, 0) is 54.0 Å². The molecule has 0 saturated carbocycles. The van der Waals surface area contributed by atoms with Gasteiger partial charge < -0.3 is 14.1 Å². The van der Waals surface area contributed by atoms with Crippen molar-refractivity contribution in [3.8, 4) is 5.75 Å². The minimum atomic E-state index is -0.456. The molecule has 1 aromatic carbocycles. The standard InChI is InChI=1S/C18H19BrN2O4/c1-20-12-3-2-4-13(20)10-21(9-12)18(23)24-14-6-5-11-7-15(19)17(22)25-16(11)8-14/h5-8,12-13H,2-4,9-10H2,1H3. The van der Waals surface area contributed by atoms with Crippen molar-refractivity contribution in [3.63, 3.8) is 0 Å². The van der Waals surface area contributed by atoms with Gasteiger partial charge in [-0.2, -0.15) is 0 Å². The lowest BCUT2D eigenvalue weighted by Gasteiger charge is -2.47. The maximum absolute atomic E-state index is 12.5. The van der Waals surface area contributed by atoms with Crippen molar-refractivity contribution in [2.75, 3.05) is 20.1 Å². The van der Waals surface area contributed by atoms with Gasteiger partial charge in [0.25, 0.3) is 0 Å². The van der Waals surface area contributed by atoms with Gasteiger partial charge in [0.2, 0.25) is 0 Å². The highest BCUT2D eigenvalue weighted by Gasteiger charge is 2.37. The number of ether oxygens (including phenoxy) is 1. The molecule has 0 aliphatic carbocycles. The van der Waals surface area contributed by atoms with Crippen LogP contribution >= 0.6 is 15.9 Å². The Morgan fingerprint density at radius 1 is 1.24 bits per heavy atom. The lowest BCUT2D eigenvalue weighted by Crippen LogP contribution is -2.60. The maximum atomic E-state index is 12.5. The van der Waals surface area contributed by atoms with Crippen LogP contribution < -0.4 is 10.4 Å². The van der Waals surface area contributed by atoms with E-state index in [1.807, 2.05) is 0 Å². The monoisotopic (exact) mass is 406 g/mol. The first kappa shape index (κ1) is 16.6. The summed E-state index contributed by atoms with van der Waals surface area (Å²) in [5.74, 6) is 0.382. The topological polar surface area (TPSA) is 63.0 Å². The van der Waals surface area contributed by atoms with Crippen molar-refractivity contribution in [2.24, 2.45) is 0 Å².